The Morgan fingerprint density at radius 3 is 2.54 bits per heavy atom. The number of benzene rings is 1. The third-order valence-electron chi connectivity index (χ3n) is 5.10. The molecule has 1 aromatic rings. The van der Waals surface area contributed by atoms with Crippen molar-refractivity contribution >= 4 is 18.7 Å². The number of amides is 1. The molecule has 2 saturated heterocycles. The Morgan fingerprint density at radius 1 is 1.29 bits per heavy atom. The number of likely N-dealkylation sites (tertiary alicyclic amines) is 1. The summed E-state index contributed by atoms with van der Waals surface area (Å²) < 4.78 is 18.1. The fourth-order valence-corrected chi connectivity index (χ4v) is 2.90. The van der Waals surface area contributed by atoms with Gasteiger partial charge in [0.15, 0.2) is 0 Å². The first-order chi connectivity index (χ1) is 11.2. The molecule has 1 atom stereocenters. The van der Waals surface area contributed by atoms with E-state index in [1.165, 1.54) is 4.90 Å². The summed E-state index contributed by atoms with van der Waals surface area (Å²) in [5.41, 5.74) is 0.128. The molecule has 7 heteroatoms. The van der Waals surface area contributed by atoms with E-state index in [0.29, 0.717) is 25.3 Å². The van der Waals surface area contributed by atoms with Gasteiger partial charge >= 0.3 is 13.2 Å². The Morgan fingerprint density at radius 2 is 1.96 bits per heavy atom. The van der Waals surface area contributed by atoms with Crippen LogP contribution in [0.2, 0.25) is 0 Å². The lowest BCUT2D eigenvalue weighted by Crippen LogP contribution is -2.41. The lowest BCUT2D eigenvalue weighted by Gasteiger charge is -2.32. The maximum atomic E-state index is 11.0. The molecule has 3 rings (SSSR count). The Balaban J connectivity index is 1.69. The van der Waals surface area contributed by atoms with E-state index in [9.17, 15) is 4.79 Å². The summed E-state index contributed by atoms with van der Waals surface area (Å²) in [5, 5.41) is 9.02. The summed E-state index contributed by atoms with van der Waals surface area (Å²) in [6, 6.07) is 7.64. The predicted molar refractivity (Wildman–Crippen MR) is 90.8 cm³/mol. The van der Waals surface area contributed by atoms with Crippen LogP contribution in [0.1, 0.15) is 34.1 Å². The van der Waals surface area contributed by atoms with Crippen LogP contribution in [-0.2, 0) is 9.31 Å². The maximum Gasteiger partial charge on any atom is 0.494 e. The van der Waals surface area contributed by atoms with E-state index in [2.05, 4.69) is 0 Å². The first kappa shape index (κ1) is 17.1. The van der Waals surface area contributed by atoms with E-state index in [4.69, 9.17) is 19.2 Å². The van der Waals surface area contributed by atoms with Gasteiger partial charge in [0, 0.05) is 13.0 Å². The molecule has 2 fully saturated rings. The SMILES string of the molecule is CC1(C)OB(c2cccc(O[C@@H]3CCN(C(=O)O)C3)c2)OC1(C)C. The third-order valence-corrected chi connectivity index (χ3v) is 5.10. The minimum atomic E-state index is -0.896. The van der Waals surface area contributed by atoms with Crippen molar-refractivity contribution in [3.8, 4) is 5.75 Å². The van der Waals surface area contributed by atoms with Crippen molar-refractivity contribution in [3.63, 3.8) is 0 Å². The van der Waals surface area contributed by atoms with Crippen LogP contribution in [-0.4, -0.2) is 53.6 Å². The lowest BCUT2D eigenvalue weighted by molar-refractivity contribution is 0.00578. The zero-order chi connectivity index (χ0) is 17.5. The molecule has 2 heterocycles. The van der Waals surface area contributed by atoms with Crippen molar-refractivity contribution in [1.82, 2.24) is 4.90 Å². The van der Waals surface area contributed by atoms with E-state index in [1.807, 2.05) is 52.0 Å². The van der Waals surface area contributed by atoms with Crippen LogP contribution < -0.4 is 10.2 Å². The Hall–Kier alpha value is -1.73. The van der Waals surface area contributed by atoms with Gasteiger partial charge in [-0.05, 0) is 45.3 Å². The van der Waals surface area contributed by atoms with E-state index in [0.717, 1.165) is 5.46 Å². The molecule has 1 amide bonds. The van der Waals surface area contributed by atoms with Gasteiger partial charge in [0.05, 0.1) is 17.7 Å². The van der Waals surface area contributed by atoms with E-state index in [1.54, 1.807) is 0 Å². The summed E-state index contributed by atoms with van der Waals surface area (Å²) in [5.74, 6) is 0.708. The summed E-state index contributed by atoms with van der Waals surface area (Å²) in [6.45, 7) is 8.99. The lowest BCUT2D eigenvalue weighted by atomic mass is 9.79. The van der Waals surface area contributed by atoms with Gasteiger partial charge in [-0.2, -0.15) is 0 Å². The summed E-state index contributed by atoms with van der Waals surface area (Å²) >= 11 is 0. The zero-order valence-electron chi connectivity index (χ0n) is 14.6. The van der Waals surface area contributed by atoms with Gasteiger partial charge in [0.25, 0.3) is 0 Å². The number of rotatable bonds is 3. The minimum Gasteiger partial charge on any atom is -0.489 e. The molecule has 0 unspecified atom stereocenters. The molecule has 1 aromatic carbocycles. The molecular weight excluding hydrogens is 309 g/mol. The molecule has 0 aliphatic carbocycles. The molecule has 1 N–H and O–H groups in total. The van der Waals surface area contributed by atoms with Gasteiger partial charge in [-0.15, -0.1) is 0 Å². The second-order valence-corrected chi connectivity index (χ2v) is 7.42. The Labute approximate surface area is 142 Å². The van der Waals surface area contributed by atoms with E-state index in [-0.39, 0.29) is 17.3 Å². The minimum absolute atomic E-state index is 0.116. The molecular formula is C17H24BNO5. The smallest absolute Gasteiger partial charge is 0.489 e. The molecule has 130 valence electrons. The van der Waals surface area contributed by atoms with Crippen LogP contribution >= 0.6 is 0 Å². The second-order valence-electron chi connectivity index (χ2n) is 7.42. The van der Waals surface area contributed by atoms with Crippen molar-refractivity contribution in [2.75, 3.05) is 13.1 Å². The van der Waals surface area contributed by atoms with Gasteiger partial charge in [0.1, 0.15) is 11.9 Å². The van der Waals surface area contributed by atoms with Gasteiger partial charge in [0.2, 0.25) is 0 Å². The quantitative estimate of drug-likeness (QED) is 0.858. The number of nitrogens with zero attached hydrogens (tertiary/aromatic N) is 1. The van der Waals surface area contributed by atoms with Crippen LogP contribution in [0.4, 0.5) is 4.79 Å². The largest absolute Gasteiger partial charge is 0.494 e. The van der Waals surface area contributed by atoms with E-state index < -0.39 is 13.2 Å². The number of hydrogen-bond acceptors (Lipinski definition) is 4. The van der Waals surface area contributed by atoms with Gasteiger partial charge in [-0.1, -0.05) is 12.1 Å². The standard InChI is InChI=1S/C17H24BNO5/c1-16(2)17(3,4)24-18(23-16)12-6-5-7-13(10-12)22-14-8-9-19(11-14)15(20)21/h5-7,10,14H,8-9,11H2,1-4H3,(H,20,21)/t14-/m1/s1. The van der Waals surface area contributed by atoms with Crippen LogP contribution in [0.25, 0.3) is 0 Å². The highest BCUT2D eigenvalue weighted by molar-refractivity contribution is 6.62. The molecule has 6 nitrogen and oxygen atoms in total. The van der Waals surface area contributed by atoms with Crippen LogP contribution in [0.15, 0.2) is 24.3 Å². The van der Waals surface area contributed by atoms with Gasteiger partial charge in [-0.3, -0.25) is 0 Å². The summed E-state index contributed by atoms with van der Waals surface area (Å²) in [4.78, 5) is 12.4. The molecule has 0 aromatic heterocycles. The van der Waals surface area contributed by atoms with Crippen LogP contribution in [0, 0.1) is 0 Å². The topological polar surface area (TPSA) is 68.2 Å². The molecule has 0 saturated carbocycles. The first-order valence-corrected chi connectivity index (χ1v) is 8.28. The first-order valence-electron chi connectivity index (χ1n) is 8.28. The molecule has 0 bridgehead atoms. The van der Waals surface area contributed by atoms with Crippen LogP contribution in [0.3, 0.4) is 0 Å². The maximum absolute atomic E-state index is 11.0. The summed E-state index contributed by atoms with van der Waals surface area (Å²) in [7, 11) is -0.433. The van der Waals surface area contributed by atoms with Crippen molar-refractivity contribution in [2.24, 2.45) is 0 Å². The molecule has 2 aliphatic heterocycles. The summed E-state index contributed by atoms with van der Waals surface area (Å²) in [6.07, 6.45) is -0.311. The number of hydrogen-bond donors (Lipinski definition) is 1. The van der Waals surface area contributed by atoms with Crippen molar-refractivity contribution in [2.45, 2.75) is 51.4 Å². The fourth-order valence-electron chi connectivity index (χ4n) is 2.90. The van der Waals surface area contributed by atoms with Crippen LogP contribution in [0.5, 0.6) is 5.75 Å². The van der Waals surface area contributed by atoms with Crippen molar-refractivity contribution in [1.29, 1.82) is 0 Å². The number of carboxylic acid groups (broad SMARTS) is 1. The average molecular weight is 333 g/mol. The van der Waals surface area contributed by atoms with Crippen molar-refractivity contribution in [3.05, 3.63) is 24.3 Å². The normalized spacial score (nSPS) is 25.1. The second kappa shape index (κ2) is 5.97. The average Bonchev–Trinajstić information content (AvgIpc) is 3.02. The van der Waals surface area contributed by atoms with Gasteiger partial charge < -0.3 is 24.1 Å². The highest BCUT2D eigenvalue weighted by atomic mass is 16.7. The molecule has 0 spiro atoms. The Kier molecular flexibility index (Phi) is 4.26. The van der Waals surface area contributed by atoms with Crippen molar-refractivity contribution < 1.29 is 23.9 Å². The van der Waals surface area contributed by atoms with E-state index >= 15 is 0 Å². The zero-order valence-corrected chi connectivity index (χ0v) is 14.6. The number of carbonyl (C=O) groups is 1. The number of ether oxygens (including phenoxy) is 1. The van der Waals surface area contributed by atoms with Gasteiger partial charge in [-0.25, -0.2) is 4.79 Å². The monoisotopic (exact) mass is 333 g/mol. The molecule has 0 radical (unpaired) electrons. The fraction of sp³-hybridized carbons (Fsp3) is 0.588. The molecule has 24 heavy (non-hydrogen) atoms. The highest BCUT2D eigenvalue weighted by Gasteiger charge is 2.51. The molecule has 2 aliphatic rings. The predicted octanol–water partition coefficient (Wildman–Crippen LogP) is 2.12. The highest BCUT2D eigenvalue weighted by Crippen LogP contribution is 2.36. The Bertz CT molecular complexity index is 617. The third kappa shape index (κ3) is 3.23.